The van der Waals surface area contributed by atoms with E-state index in [0.717, 1.165) is 30.0 Å². The van der Waals surface area contributed by atoms with E-state index in [-0.39, 0.29) is 6.04 Å². The van der Waals surface area contributed by atoms with Gasteiger partial charge in [-0.05, 0) is 30.0 Å². The quantitative estimate of drug-likeness (QED) is 0.843. The first-order chi connectivity index (χ1) is 10.2. The molecule has 1 aromatic carbocycles. The van der Waals surface area contributed by atoms with Gasteiger partial charge in [0.25, 0.3) is 0 Å². The second kappa shape index (κ2) is 7.27. The van der Waals surface area contributed by atoms with Gasteiger partial charge in [-0.25, -0.2) is 0 Å². The second-order valence-corrected chi connectivity index (χ2v) is 5.52. The summed E-state index contributed by atoms with van der Waals surface area (Å²) in [6.45, 7) is 7.29. The molecule has 4 nitrogen and oxygen atoms in total. The fraction of sp³-hybridized carbons (Fsp3) is 0.471. The molecule has 0 aliphatic carbocycles. The predicted octanol–water partition coefficient (Wildman–Crippen LogP) is 3.73. The topological polar surface area (TPSA) is 47.3 Å². The lowest BCUT2D eigenvalue weighted by atomic mass is 9.95. The predicted molar refractivity (Wildman–Crippen MR) is 83.3 cm³/mol. The summed E-state index contributed by atoms with van der Waals surface area (Å²) in [5.74, 6) is 1.37. The van der Waals surface area contributed by atoms with Crippen LogP contribution in [0.25, 0.3) is 0 Å². The van der Waals surface area contributed by atoms with E-state index in [1.54, 1.807) is 13.4 Å². The van der Waals surface area contributed by atoms with Crippen LogP contribution in [-0.4, -0.2) is 12.3 Å². The summed E-state index contributed by atoms with van der Waals surface area (Å²) in [5.41, 5.74) is 3.43. The number of aryl methyl sites for hydroxylation is 1. The van der Waals surface area contributed by atoms with Crippen LogP contribution in [0.3, 0.4) is 0 Å². The minimum Gasteiger partial charge on any atom is -0.497 e. The summed E-state index contributed by atoms with van der Waals surface area (Å²) in [5, 5.41) is 7.63. The smallest absolute Gasteiger partial charge is 0.128 e. The van der Waals surface area contributed by atoms with Crippen molar-refractivity contribution in [3.05, 3.63) is 47.3 Å². The Kier molecular flexibility index (Phi) is 5.39. The zero-order valence-electron chi connectivity index (χ0n) is 13.2. The van der Waals surface area contributed by atoms with Gasteiger partial charge in [0.1, 0.15) is 12.0 Å². The number of nitrogens with one attached hydrogen (secondary N) is 1. The zero-order chi connectivity index (χ0) is 15.2. The molecule has 1 atom stereocenters. The van der Waals surface area contributed by atoms with E-state index in [9.17, 15) is 0 Å². The van der Waals surface area contributed by atoms with Crippen molar-refractivity contribution in [2.45, 2.75) is 39.8 Å². The van der Waals surface area contributed by atoms with Gasteiger partial charge >= 0.3 is 0 Å². The summed E-state index contributed by atoms with van der Waals surface area (Å²) in [4.78, 5) is 0. The number of benzene rings is 1. The Hall–Kier alpha value is -1.81. The average Bonchev–Trinajstić information content (AvgIpc) is 2.95. The molecular weight excluding hydrogens is 264 g/mol. The molecule has 1 aromatic heterocycles. The van der Waals surface area contributed by atoms with Gasteiger partial charge in [0, 0.05) is 18.2 Å². The van der Waals surface area contributed by atoms with Crippen LogP contribution in [0, 0.1) is 5.92 Å². The Morgan fingerprint density at radius 1 is 1.24 bits per heavy atom. The number of ether oxygens (including phenoxy) is 1. The molecule has 2 rings (SSSR count). The van der Waals surface area contributed by atoms with Gasteiger partial charge in [-0.1, -0.05) is 38.1 Å². The standard InChI is InChI=1S/C17H24N2O2/c1-5-16-14(11-21-19-16)10-18-17(12(2)3)13-6-8-15(20-4)9-7-13/h6-9,11-12,17-18H,5,10H2,1-4H3/t17-/m0/s1. The van der Waals surface area contributed by atoms with Crippen molar-refractivity contribution in [2.75, 3.05) is 7.11 Å². The third kappa shape index (κ3) is 3.85. The van der Waals surface area contributed by atoms with E-state index in [2.05, 4.69) is 43.4 Å². The Morgan fingerprint density at radius 2 is 1.95 bits per heavy atom. The normalized spacial score (nSPS) is 12.6. The van der Waals surface area contributed by atoms with Crippen molar-refractivity contribution in [1.82, 2.24) is 10.5 Å². The lowest BCUT2D eigenvalue weighted by Gasteiger charge is -2.23. The largest absolute Gasteiger partial charge is 0.497 e. The van der Waals surface area contributed by atoms with Gasteiger partial charge in [-0.15, -0.1) is 0 Å². The number of methoxy groups -OCH3 is 1. The van der Waals surface area contributed by atoms with E-state index in [0.29, 0.717) is 5.92 Å². The lowest BCUT2D eigenvalue weighted by Crippen LogP contribution is -2.25. The van der Waals surface area contributed by atoms with Gasteiger partial charge in [0.15, 0.2) is 0 Å². The van der Waals surface area contributed by atoms with Crippen molar-refractivity contribution >= 4 is 0 Å². The van der Waals surface area contributed by atoms with Gasteiger partial charge in [0.05, 0.1) is 12.8 Å². The number of hydrogen-bond acceptors (Lipinski definition) is 4. The molecule has 2 aromatic rings. The van der Waals surface area contributed by atoms with Crippen molar-refractivity contribution < 1.29 is 9.26 Å². The fourth-order valence-electron chi connectivity index (χ4n) is 2.49. The van der Waals surface area contributed by atoms with Crippen LogP contribution in [0.4, 0.5) is 0 Å². The molecule has 114 valence electrons. The molecule has 0 aliphatic rings. The Morgan fingerprint density at radius 3 is 2.52 bits per heavy atom. The molecule has 0 saturated heterocycles. The van der Waals surface area contributed by atoms with Crippen LogP contribution < -0.4 is 10.1 Å². The van der Waals surface area contributed by atoms with E-state index < -0.39 is 0 Å². The molecule has 1 N–H and O–H groups in total. The first kappa shape index (κ1) is 15.6. The van der Waals surface area contributed by atoms with Crippen LogP contribution in [0.15, 0.2) is 35.1 Å². The van der Waals surface area contributed by atoms with Crippen molar-refractivity contribution in [1.29, 1.82) is 0 Å². The zero-order valence-corrected chi connectivity index (χ0v) is 13.2. The van der Waals surface area contributed by atoms with Crippen molar-refractivity contribution in [3.63, 3.8) is 0 Å². The maximum atomic E-state index is 5.22. The molecule has 0 bridgehead atoms. The molecular formula is C17H24N2O2. The fourth-order valence-corrected chi connectivity index (χ4v) is 2.49. The maximum absolute atomic E-state index is 5.22. The molecule has 0 saturated carbocycles. The molecule has 4 heteroatoms. The lowest BCUT2D eigenvalue weighted by molar-refractivity contribution is 0.400. The Bertz CT molecular complexity index is 546. The summed E-state index contributed by atoms with van der Waals surface area (Å²) in [7, 11) is 1.69. The number of aromatic nitrogens is 1. The van der Waals surface area contributed by atoms with Crippen LogP contribution in [-0.2, 0) is 13.0 Å². The highest BCUT2D eigenvalue weighted by Crippen LogP contribution is 2.24. The summed E-state index contributed by atoms with van der Waals surface area (Å²) in [6.07, 6.45) is 2.62. The van der Waals surface area contributed by atoms with E-state index in [1.165, 1.54) is 5.56 Å². The monoisotopic (exact) mass is 288 g/mol. The Balaban J connectivity index is 2.08. The Labute approximate surface area is 126 Å². The van der Waals surface area contributed by atoms with Crippen LogP contribution in [0.1, 0.15) is 43.6 Å². The third-order valence-corrected chi connectivity index (χ3v) is 3.72. The molecule has 0 radical (unpaired) electrons. The summed E-state index contributed by atoms with van der Waals surface area (Å²) >= 11 is 0. The summed E-state index contributed by atoms with van der Waals surface area (Å²) in [6, 6.07) is 8.53. The van der Waals surface area contributed by atoms with Gasteiger partial charge in [-0.2, -0.15) is 0 Å². The highest BCUT2D eigenvalue weighted by atomic mass is 16.5. The molecule has 0 aliphatic heterocycles. The second-order valence-electron chi connectivity index (χ2n) is 5.52. The molecule has 1 heterocycles. The summed E-state index contributed by atoms with van der Waals surface area (Å²) < 4.78 is 10.3. The van der Waals surface area contributed by atoms with Crippen molar-refractivity contribution in [3.8, 4) is 5.75 Å². The molecule has 0 unspecified atom stereocenters. The molecule has 21 heavy (non-hydrogen) atoms. The minimum atomic E-state index is 0.288. The highest BCUT2D eigenvalue weighted by Gasteiger charge is 2.16. The molecule has 0 fully saturated rings. The number of nitrogens with zero attached hydrogens (tertiary/aromatic N) is 1. The first-order valence-corrected chi connectivity index (χ1v) is 7.45. The van der Waals surface area contributed by atoms with Gasteiger partial charge < -0.3 is 14.6 Å². The molecule has 0 amide bonds. The van der Waals surface area contributed by atoms with Gasteiger partial charge in [0.2, 0.25) is 0 Å². The van der Waals surface area contributed by atoms with E-state index in [1.807, 2.05) is 12.1 Å². The molecule has 0 spiro atoms. The van der Waals surface area contributed by atoms with Gasteiger partial charge in [-0.3, -0.25) is 0 Å². The number of hydrogen-bond donors (Lipinski definition) is 1. The highest BCUT2D eigenvalue weighted by molar-refractivity contribution is 5.29. The first-order valence-electron chi connectivity index (χ1n) is 7.45. The van der Waals surface area contributed by atoms with Crippen LogP contribution >= 0.6 is 0 Å². The van der Waals surface area contributed by atoms with E-state index in [4.69, 9.17) is 9.26 Å². The SMILES string of the molecule is CCc1nocc1CN[C@H](c1ccc(OC)cc1)C(C)C. The van der Waals surface area contributed by atoms with Crippen LogP contribution in [0.2, 0.25) is 0 Å². The maximum Gasteiger partial charge on any atom is 0.128 e. The van der Waals surface area contributed by atoms with E-state index >= 15 is 0 Å². The average molecular weight is 288 g/mol. The van der Waals surface area contributed by atoms with Crippen molar-refractivity contribution in [2.24, 2.45) is 5.92 Å². The number of rotatable bonds is 7. The van der Waals surface area contributed by atoms with Crippen LogP contribution in [0.5, 0.6) is 5.75 Å². The third-order valence-electron chi connectivity index (χ3n) is 3.72. The minimum absolute atomic E-state index is 0.288.